The molecular formula is C31H22O12. The van der Waals surface area contributed by atoms with Crippen LogP contribution in [0.5, 0.6) is 46.0 Å². The van der Waals surface area contributed by atoms with Crippen molar-refractivity contribution in [1.82, 2.24) is 0 Å². The second-order valence-electron chi connectivity index (χ2n) is 9.22. The molecule has 2 heterocycles. The van der Waals surface area contributed by atoms with Crippen LogP contribution < -0.4 is 15.6 Å². The Morgan fingerprint density at radius 1 is 0.512 bits per heavy atom. The molecule has 7 N–H and O–H groups in total. The molecule has 0 fully saturated rings. The zero-order valence-electron chi connectivity index (χ0n) is 22.1. The van der Waals surface area contributed by atoms with Crippen molar-refractivity contribution in [1.29, 1.82) is 0 Å². The highest BCUT2D eigenvalue weighted by Gasteiger charge is 2.15. The zero-order chi connectivity index (χ0) is 31.0. The Hall–Kier alpha value is -6.30. The van der Waals surface area contributed by atoms with Crippen molar-refractivity contribution in [3.05, 3.63) is 93.2 Å². The Bertz CT molecular complexity index is 2140. The molecule has 0 aliphatic heterocycles. The lowest BCUT2D eigenvalue weighted by Crippen LogP contribution is -2.00. The van der Waals surface area contributed by atoms with Crippen molar-refractivity contribution in [2.45, 2.75) is 0 Å². The van der Waals surface area contributed by atoms with Gasteiger partial charge < -0.3 is 49.3 Å². The van der Waals surface area contributed by atoms with E-state index in [9.17, 15) is 45.3 Å². The van der Waals surface area contributed by atoms with Gasteiger partial charge in [0.15, 0.2) is 33.9 Å². The van der Waals surface area contributed by atoms with E-state index >= 15 is 0 Å². The number of phenols is 7. The number of rotatable bonds is 3. The summed E-state index contributed by atoms with van der Waals surface area (Å²) in [6.45, 7) is 0. The van der Waals surface area contributed by atoms with E-state index in [0.29, 0.717) is 16.9 Å². The third-order valence-electron chi connectivity index (χ3n) is 6.31. The summed E-state index contributed by atoms with van der Waals surface area (Å²) in [7, 11) is 1.43. The van der Waals surface area contributed by atoms with Gasteiger partial charge in [0, 0.05) is 47.5 Å². The van der Waals surface area contributed by atoms with Gasteiger partial charge in [-0.2, -0.15) is 0 Å². The van der Waals surface area contributed by atoms with Crippen molar-refractivity contribution in [3.63, 3.8) is 0 Å². The Morgan fingerprint density at radius 3 is 1.42 bits per heavy atom. The summed E-state index contributed by atoms with van der Waals surface area (Å²) in [5.74, 6) is -1.31. The highest BCUT2D eigenvalue weighted by molar-refractivity contribution is 5.87. The van der Waals surface area contributed by atoms with E-state index in [2.05, 4.69) is 0 Å². The number of fused-ring (bicyclic) bond motifs is 2. The van der Waals surface area contributed by atoms with Gasteiger partial charge in [-0.3, -0.25) is 9.59 Å². The molecule has 0 aliphatic carbocycles. The molecule has 6 aromatic rings. The standard InChI is InChI=1S/C16H12O6.C15H10O6/c1-21-13-3-2-8(4-10(13)18)14-7-12(20)16-11(19)5-9(17)6-15(16)22-14;16-8-4-11(19)15-12(20)6-13(21-14(15)5-8)7-1-2-9(17)10(18)3-7/h2-7,17-19H,1H3;1-6,16-19H. The maximum absolute atomic E-state index is 12.1. The molecule has 0 unspecified atom stereocenters. The molecule has 0 radical (unpaired) electrons. The fraction of sp³-hybridized carbons (Fsp3) is 0.0323. The molecule has 0 aliphatic rings. The molecule has 0 amide bonds. The average Bonchev–Trinajstić information content (AvgIpc) is 2.93. The highest BCUT2D eigenvalue weighted by Crippen LogP contribution is 2.35. The third kappa shape index (κ3) is 5.52. The largest absolute Gasteiger partial charge is 0.508 e. The minimum absolute atomic E-state index is 0.0146. The zero-order valence-corrected chi connectivity index (χ0v) is 22.1. The third-order valence-corrected chi connectivity index (χ3v) is 6.31. The van der Waals surface area contributed by atoms with Crippen LogP contribution in [0.1, 0.15) is 0 Å². The van der Waals surface area contributed by atoms with Crippen LogP contribution in [-0.4, -0.2) is 42.9 Å². The number of phenolic OH excluding ortho intramolecular Hbond substituents is 7. The Morgan fingerprint density at radius 2 is 0.977 bits per heavy atom. The van der Waals surface area contributed by atoms with Gasteiger partial charge in [-0.25, -0.2) is 0 Å². The first-order valence-electron chi connectivity index (χ1n) is 12.3. The van der Waals surface area contributed by atoms with E-state index < -0.39 is 10.9 Å². The number of hydrogen-bond acceptors (Lipinski definition) is 12. The first-order valence-corrected chi connectivity index (χ1v) is 12.3. The van der Waals surface area contributed by atoms with Crippen LogP contribution in [0.2, 0.25) is 0 Å². The Kier molecular flexibility index (Phi) is 7.18. The van der Waals surface area contributed by atoms with Crippen molar-refractivity contribution in [2.75, 3.05) is 7.11 Å². The molecule has 0 spiro atoms. The van der Waals surface area contributed by atoms with E-state index in [-0.39, 0.29) is 73.7 Å². The van der Waals surface area contributed by atoms with Crippen LogP contribution in [0, 0.1) is 0 Å². The lowest BCUT2D eigenvalue weighted by molar-refractivity contribution is 0.373. The van der Waals surface area contributed by atoms with Gasteiger partial charge in [-0.1, -0.05) is 0 Å². The lowest BCUT2D eigenvalue weighted by atomic mass is 10.1. The SMILES string of the molecule is COc1ccc(-c2cc(=O)c3c(O)cc(O)cc3o2)cc1O.O=c1cc(-c2ccc(O)c(O)c2)oc2cc(O)cc(O)c12. The molecule has 6 rings (SSSR count). The number of aromatic hydroxyl groups is 7. The second-order valence-corrected chi connectivity index (χ2v) is 9.22. The fourth-order valence-electron chi connectivity index (χ4n) is 4.31. The van der Waals surface area contributed by atoms with E-state index in [1.165, 1.54) is 55.6 Å². The first-order chi connectivity index (χ1) is 20.4. The molecule has 0 atom stereocenters. The van der Waals surface area contributed by atoms with Crippen LogP contribution in [0.4, 0.5) is 0 Å². The molecule has 4 aromatic carbocycles. The summed E-state index contributed by atoms with van der Waals surface area (Å²) in [6.07, 6.45) is 0. The summed E-state index contributed by atoms with van der Waals surface area (Å²) in [5, 5.41) is 66.9. The smallest absolute Gasteiger partial charge is 0.197 e. The predicted octanol–water partition coefficient (Wildman–Crippen LogP) is 4.87. The molecule has 12 heteroatoms. The predicted molar refractivity (Wildman–Crippen MR) is 154 cm³/mol. The summed E-state index contributed by atoms with van der Waals surface area (Å²) in [6, 6.07) is 15.4. The van der Waals surface area contributed by atoms with Crippen molar-refractivity contribution in [3.8, 4) is 68.6 Å². The van der Waals surface area contributed by atoms with Gasteiger partial charge >= 0.3 is 0 Å². The van der Waals surface area contributed by atoms with Crippen LogP contribution in [0.3, 0.4) is 0 Å². The molecule has 0 saturated heterocycles. The van der Waals surface area contributed by atoms with Gasteiger partial charge in [0.25, 0.3) is 0 Å². The number of benzene rings is 4. The summed E-state index contributed by atoms with van der Waals surface area (Å²) in [5.41, 5.74) is -0.0505. The summed E-state index contributed by atoms with van der Waals surface area (Å²) >= 11 is 0. The van der Waals surface area contributed by atoms with E-state index in [4.69, 9.17) is 13.6 Å². The maximum Gasteiger partial charge on any atom is 0.197 e. The van der Waals surface area contributed by atoms with E-state index in [1.807, 2.05) is 0 Å². The monoisotopic (exact) mass is 586 g/mol. The van der Waals surface area contributed by atoms with Crippen LogP contribution in [0.25, 0.3) is 44.6 Å². The number of hydrogen-bond donors (Lipinski definition) is 7. The molecule has 218 valence electrons. The minimum atomic E-state index is -0.490. The van der Waals surface area contributed by atoms with Crippen LogP contribution in [-0.2, 0) is 0 Å². The minimum Gasteiger partial charge on any atom is -0.508 e. The summed E-state index contributed by atoms with van der Waals surface area (Å²) in [4.78, 5) is 24.2. The second kappa shape index (κ2) is 10.9. The number of methoxy groups -OCH3 is 1. The quantitative estimate of drug-likeness (QED) is 0.138. The topological polar surface area (TPSA) is 211 Å². The molecule has 12 nitrogen and oxygen atoms in total. The van der Waals surface area contributed by atoms with Gasteiger partial charge in [0.1, 0.15) is 56.5 Å². The molecule has 0 bridgehead atoms. The number of ether oxygens (including phenoxy) is 1. The molecule has 43 heavy (non-hydrogen) atoms. The average molecular weight is 587 g/mol. The van der Waals surface area contributed by atoms with E-state index in [1.54, 1.807) is 6.07 Å². The fourth-order valence-corrected chi connectivity index (χ4v) is 4.31. The summed E-state index contributed by atoms with van der Waals surface area (Å²) < 4.78 is 16.0. The maximum atomic E-state index is 12.1. The van der Waals surface area contributed by atoms with E-state index in [0.717, 1.165) is 18.2 Å². The Balaban J connectivity index is 0.000000171. The van der Waals surface area contributed by atoms with Gasteiger partial charge in [0.05, 0.1) is 7.11 Å². The molecule has 0 saturated carbocycles. The van der Waals surface area contributed by atoms with Gasteiger partial charge in [0.2, 0.25) is 0 Å². The molecule has 2 aromatic heterocycles. The van der Waals surface area contributed by atoms with Gasteiger partial charge in [-0.05, 0) is 36.4 Å². The normalized spacial score (nSPS) is 10.8. The molecular weight excluding hydrogens is 564 g/mol. The van der Waals surface area contributed by atoms with Crippen molar-refractivity contribution in [2.24, 2.45) is 0 Å². The van der Waals surface area contributed by atoms with Gasteiger partial charge in [-0.15, -0.1) is 0 Å². The Labute approximate surface area is 240 Å². The van der Waals surface area contributed by atoms with Crippen LogP contribution in [0.15, 0.2) is 91.2 Å². The van der Waals surface area contributed by atoms with Crippen LogP contribution >= 0.6 is 0 Å². The lowest BCUT2D eigenvalue weighted by Gasteiger charge is -2.07. The highest BCUT2D eigenvalue weighted by atomic mass is 16.5. The first kappa shape index (κ1) is 28.2. The van der Waals surface area contributed by atoms with Crippen molar-refractivity contribution >= 4 is 21.9 Å². The van der Waals surface area contributed by atoms with Crippen molar-refractivity contribution < 1.29 is 49.3 Å².